The van der Waals surface area contributed by atoms with E-state index in [4.69, 9.17) is 14.5 Å². The van der Waals surface area contributed by atoms with Crippen molar-refractivity contribution in [2.24, 2.45) is 4.99 Å². The molecular formula is C34H33BrN2O4S. The maximum Gasteiger partial charge on any atom is 0.338 e. The van der Waals surface area contributed by atoms with Crippen LogP contribution in [0.4, 0.5) is 0 Å². The van der Waals surface area contributed by atoms with E-state index in [0.29, 0.717) is 26.5 Å². The highest BCUT2D eigenvalue weighted by Crippen LogP contribution is 2.35. The van der Waals surface area contributed by atoms with Gasteiger partial charge < -0.3 is 9.47 Å². The summed E-state index contributed by atoms with van der Waals surface area (Å²) >= 11 is 4.90. The fourth-order valence-electron chi connectivity index (χ4n) is 4.93. The van der Waals surface area contributed by atoms with Gasteiger partial charge in [-0.05, 0) is 77.5 Å². The number of thiazole rings is 1. The Bertz CT molecular complexity index is 1820. The molecule has 4 aromatic rings. The van der Waals surface area contributed by atoms with Crippen molar-refractivity contribution >= 4 is 45.0 Å². The van der Waals surface area contributed by atoms with Crippen LogP contribution in [0.1, 0.15) is 68.8 Å². The topological polar surface area (TPSA) is 69.9 Å². The predicted molar refractivity (Wildman–Crippen MR) is 171 cm³/mol. The first-order valence-electron chi connectivity index (χ1n) is 14.0. The molecule has 1 atom stereocenters. The lowest BCUT2D eigenvalue weighted by molar-refractivity contribution is -0.138. The first-order chi connectivity index (χ1) is 20.2. The molecule has 8 heteroatoms. The van der Waals surface area contributed by atoms with Gasteiger partial charge in [0.05, 0.1) is 39.0 Å². The Morgan fingerprint density at radius 3 is 2.38 bits per heavy atom. The molecule has 0 amide bonds. The Labute approximate surface area is 257 Å². The smallest absolute Gasteiger partial charge is 0.338 e. The molecule has 0 fully saturated rings. The molecule has 0 spiro atoms. The van der Waals surface area contributed by atoms with Crippen molar-refractivity contribution in [1.82, 2.24) is 4.57 Å². The Hall–Kier alpha value is -3.75. The molecule has 1 aliphatic heterocycles. The molecule has 2 heterocycles. The fourth-order valence-corrected chi connectivity index (χ4v) is 6.42. The van der Waals surface area contributed by atoms with E-state index in [1.807, 2.05) is 80.6 Å². The predicted octanol–water partition coefficient (Wildman–Crippen LogP) is 6.61. The number of aromatic nitrogens is 1. The molecule has 3 aromatic carbocycles. The van der Waals surface area contributed by atoms with Gasteiger partial charge in [-0.25, -0.2) is 9.79 Å². The molecule has 0 N–H and O–H groups in total. The lowest BCUT2D eigenvalue weighted by Gasteiger charge is -2.26. The first-order valence-corrected chi connectivity index (χ1v) is 15.6. The van der Waals surface area contributed by atoms with Crippen LogP contribution in [0.2, 0.25) is 0 Å². The third kappa shape index (κ3) is 6.05. The van der Waals surface area contributed by atoms with E-state index in [1.165, 1.54) is 16.9 Å². The Kier molecular flexibility index (Phi) is 8.94. The lowest BCUT2D eigenvalue weighted by Crippen LogP contribution is -2.40. The second-order valence-electron chi connectivity index (χ2n) is 10.6. The van der Waals surface area contributed by atoms with E-state index < -0.39 is 12.0 Å². The number of hydrogen-bond donors (Lipinski definition) is 0. The fraction of sp³-hybridized carbons (Fsp3) is 0.265. The average molecular weight is 646 g/mol. The van der Waals surface area contributed by atoms with Crippen molar-refractivity contribution in [3.8, 4) is 5.75 Å². The second-order valence-corrected chi connectivity index (χ2v) is 12.5. The van der Waals surface area contributed by atoms with E-state index in [2.05, 4.69) is 41.9 Å². The zero-order chi connectivity index (χ0) is 30.0. The largest absolute Gasteiger partial charge is 0.490 e. The molecule has 42 heavy (non-hydrogen) atoms. The molecule has 1 aliphatic rings. The third-order valence-corrected chi connectivity index (χ3v) is 8.51. The highest BCUT2D eigenvalue weighted by Gasteiger charge is 2.35. The molecule has 1 aromatic heterocycles. The lowest BCUT2D eigenvalue weighted by atomic mass is 9.91. The zero-order valence-electron chi connectivity index (χ0n) is 24.3. The van der Waals surface area contributed by atoms with Gasteiger partial charge in [-0.3, -0.25) is 9.36 Å². The molecule has 5 rings (SSSR count). The normalized spacial score (nSPS) is 15.1. The summed E-state index contributed by atoms with van der Waals surface area (Å²) in [5, 5.41) is 0. The molecule has 0 saturated carbocycles. The number of ether oxygens (including phenoxy) is 2. The summed E-state index contributed by atoms with van der Waals surface area (Å²) in [4.78, 5) is 33.2. The number of carbonyl (C=O) groups is 1. The second kappa shape index (κ2) is 12.6. The van der Waals surface area contributed by atoms with Gasteiger partial charge in [-0.1, -0.05) is 85.8 Å². The summed E-state index contributed by atoms with van der Waals surface area (Å²) in [6.45, 7) is 10.2. The van der Waals surface area contributed by atoms with E-state index in [1.54, 1.807) is 11.5 Å². The third-order valence-electron chi connectivity index (χ3n) is 6.91. The van der Waals surface area contributed by atoms with Crippen LogP contribution in [0.3, 0.4) is 0 Å². The summed E-state index contributed by atoms with van der Waals surface area (Å²) in [6, 6.07) is 22.7. The number of benzene rings is 3. The summed E-state index contributed by atoms with van der Waals surface area (Å²) in [5.41, 5.74) is 4.25. The van der Waals surface area contributed by atoms with Crippen molar-refractivity contribution in [1.29, 1.82) is 0 Å². The highest BCUT2D eigenvalue weighted by atomic mass is 79.9. The quantitative estimate of drug-likeness (QED) is 0.202. The van der Waals surface area contributed by atoms with Gasteiger partial charge in [0.25, 0.3) is 5.56 Å². The number of rotatable bonds is 8. The summed E-state index contributed by atoms with van der Waals surface area (Å²) in [6.07, 6.45) is 1.89. The number of hydrogen-bond acceptors (Lipinski definition) is 6. The van der Waals surface area contributed by atoms with Crippen LogP contribution in [-0.2, 0) is 9.53 Å². The van der Waals surface area contributed by atoms with Crippen LogP contribution < -0.4 is 19.6 Å². The highest BCUT2D eigenvalue weighted by molar-refractivity contribution is 9.10. The van der Waals surface area contributed by atoms with Crippen molar-refractivity contribution < 1.29 is 14.3 Å². The van der Waals surface area contributed by atoms with E-state index in [0.717, 1.165) is 26.9 Å². The zero-order valence-corrected chi connectivity index (χ0v) is 26.7. The van der Waals surface area contributed by atoms with Crippen molar-refractivity contribution in [3.05, 3.63) is 125 Å². The minimum Gasteiger partial charge on any atom is -0.490 e. The van der Waals surface area contributed by atoms with Crippen LogP contribution in [0.5, 0.6) is 5.75 Å². The Balaban J connectivity index is 1.75. The Morgan fingerprint density at radius 1 is 1.05 bits per heavy atom. The van der Waals surface area contributed by atoms with Gasteiger partial charge in [0.15, 0.2) is 4.80 Å². The Morgan fingerprint density at radius 2 is 1.76 bits per heavy atom. The van der Waals surface area contributed by atoms with Crippen LogP contribution in [0.25, 0.3) is 11.8 Å². The summed E-state index contributed by atoms with van der Waals surface area (Å²) in [5.74, 6) is 0.592. The number of nitrogens with zero attached hydrogens (tertiary/aromatic N) is 2. The molecule has 216 valence electrons. The van der Waals surface area contributed by atoms with Crippen LogP contribution in [0, 0.1) is 0 Å². The number of carbonyl (C=O) groups excluding carboxylic acids is 1. The maximum absolute atomic E-state index is 14.1. The molecule has 0 radical (unpaired) electrons. The minimum atomic E-state index is -0.701. The van der Waals surface area contributed by atoms with Gasteiger partial charge in [0.2, 0.25) is 0 Å². The van der Waals surface area contributed by atoms with Gasteiger partial charge in [0.1, 0.15) is 5.75 Å². The standard InChI is InChI=1S/C34H33BrN2O4S/c1-6-40-33(39)29-30(24-10-8-7-9-11-24)36-34-37(31(29)25-15-13-23(14-16-25)20(2)3)32(38)28(42-34)19-22-12-17-27(26(35)18-22)41-21(4)5/h7-21,31H,6H2,1-5H3/b28-19-/t31-/m1/s1. The number of fused-ring (bicyclic) bond motifs is 1. The summed E-state index contributed by atoms with van der Waals surface area (Å²) < 4.78 is 14.4. The molecule has 0 aliphatic carbocycles. The molecule has 0 bridgehead atoms. The molecular weight excluding hydrogens is 612 g/mol. The van der Waals surface area contributed by atoms with Crippen molar-refractivity contribution in [3.63, 3.8) is 0 Å². The van der Waals surface area contributed by atoms with Crippen molar-refractivity contribution in [2.75, 3.05) is 6.61 Å². The monoisotopic (exact) mass is 644 g/mol. The van der Waals surface area contributed by atoms with Gasteiger partial charge in [-0.2, -0.15) is 0 Å². The average Bonchev–Trinajstić information content (AvgIpc) is 3.28. The van der Waals surface area contributed by atoms with Crippen LogP contribution >= 0.6 is 27.3 Å². The SMILES string of the molecule is CCOC(=O)C1=C(c2ccccc2)N=c2s/c(=C\c3ccc(OC(C)C)c(Br)c3)c(=O)n2[C@@H]1c1ccc(C(C)C)cc1. The van der Waals surface area contributed by atoms with Crippen LogP contribution in [-0.4, -0.2) is 23.2 Å². The summed E-state index contributed by atoms with van der Waals surface area (Å²) in [7, 11) is 0. The number of esters is 1. The maximum atomic E-state index is 14.1. The molecule has 0 unspecified atom stereocenters. The van der Waals surface area contributed by atoms with Crippen molar-refractivity contribution in [2.45, 2.75) is 52.7 Å². The van der Waals surface area contributed by atoms with Gasteiger partial charge >= 0.3 is 5.97 Å². The van der Waals surface area contributed by atoms with E-state index >= 15 is 0 Å². The molecule has 6 nitrogen and oxygen atoms in total. The van der Waals surface area contributed by atoms with E-state index in [-0.39, 0.29) is 18.3 Å². The first kappa shape index (κ1) is 29.7. The van der Waals surface area contributed by atoms with Crippen LogP contribution in [0.15, 0.2) is 92.6 Å². The molecule has 0 saturated heterocycles. The minimum absolute atomic E-state index is 0.0397. The van der Waals surface area contributed by atoms with E-state index in [9.17, 15) is 9.59 Å². The van der Waals surface area contributed by atoms with Gasteiger partial charge in [0, 0.05) is 5.56 Å². The number of halogens is 1. The van der Waals surface area contributed by atoms with Gasteiger partial charge in [-0.15, -0.1) is 0 Å².